The highest BCUT2D eigenvalue weighted by atomic mass is 19.4. The third-order valence-electron chi connectivity index (χ3n) is 2.12. The fourth-order valence-electron chi connectivity index (χ4n) is 0.960. The zero-order chi connectivity index (χ0) is 17.3. The highest BCUT2D eigenvalue weighted by molar-refractivity contribution is 5.06. The van der Waals surface area contributed by atoms with Gasteiger partial charge in [0, 0.05) is 0 Å². The van der Waals surface area contributed by atoms with Gasteiger partial charge < -0.3 is 9.84 Å². The first-order valence-corrected chi connectivity index (χ1v) is 4.83. The molecule has 2 nitrogen and oxygen atoms in total. The standard InChI is InChI=1S/C8H7F11O2/c9-4(10,3-21-2-1-20)5(11,12)6(13,14)7(15,16)8(17,18)19/h20H,1-3H2. The first kappa shape index (κ1) is 20.1. The molecular formula is C8H7F11O2. The maximum absolute atomic E-state index is 12.8. The summed E-state index contributed by atoms with van der Waals surface area (Å²) in [5, 5.41) is 8.09. The highest BCUT2D eigenvalue weighted by Gasteiger charge is 2.87. The Morgan fingerprint density at radius 2 is 1.10 bits per heavy atom. The van der Waals surface area contributed by atoms with Crippen molar-refractivity contribution >= 4 is 0 Å². The number of rotatable bonds is 7. The van der Waals surface area contributed by atoms with E-state index in [2.05, 4.69) is 4.74 Å². The molecule has 0 rings (SSSR count). The van der Waals surface area contributed by atoms with Gasteiger partial charge in [-0.05, 0) is 0 Å². The molecule has 1 N–H and O–H groups in total. The van der Waals surface area contributed by atoms with E-state index in [1.165, 1.54) is 0 Å². The van der Waals surface area contributed by atoms with Crippen molar-refractivity contribution in [3.05, 3.63) is 0 Å². The maximum Gasteiger partial charge on any atom is 0.460 e. The monoisotopic (exact) mass is 344 g/mol. The molecule has 13 heteroatoms. The number of ether oxygens (including phenoxy) is 1. The van der Waals surface area contributed by atoms with Gasteiger partial charge in [-0.3, -0.25) is 0 Å². The van der Waals surface area contributed by atoms with Crippen molar-refractivity contribution in [3.8, 4) is 0 Å². The second kappa shape index (κ2) is 5.74. The van der Waals surface area contributed by atoms with Gasteiger partial charge in [0.1, 0.15) is 6.61 Å². The normalized spacial score (nSPS) is 15.4. The van der Waals surface area contributed by atoms with Crippen LogP contribution in [0.15, 0.2) is 0 Å². The van der Waals surface area contributed by atoms with Crippen LogP contribution in [0.2, 0.25) is 0 Å². The average Bonchev–Trinajstić information content (AvgIpc) is 2.26. The molecule has 0 aliphatic rings. The molecule has 21 heavy (non-hydrogen) atoms. The van der Waals surface area contributed by atoms with Crippen LogP contribution < -0.4 is 0 Å². The smallest absolute Gasteiger partial charge is 0.394 e. The number of aliphatic hydroxyl groups excluding tert-OH is 1. The summed E-state index contributed by atoms with van der Waals surface area (Å²) in [7, 11) is 0. The third kappa shape index (κ3) is 3.33. The Morgan fingerprint density at radius 1 is 0.667 bits per heavy atom. The minimum absolute atomic E-state index is 1.00. The summed E-state index contributed by atoms with van der Waals surface area (Å²) in [4.78, 5) is 0. The maximum atomic E-state index is 12.8. The molecule has 0 fully saturated rings. The molecule has 0 atom stereocenters. The van der Waals surface area contributed by atoms with Crippen LogP contribution in [-0.2, 0) is 4.74 Å². The van der Waals surface area contributed by atoms with E-state index < -0.39 is 49.7 Å². The summed E-state index contributed by atoms with van der Waals surface area (Å²) in [5.74, 6) is -27.9. The molecule has 0 spiro atoms. The predicted molar refractivity (Wildman–Crippen MR) is 43.7 cm³/mol. The Morgan fingerprint density at radius 3 is 1.43 bits per heavy atom. The largest absolute Gasteiger partial charge is 0.460 e. The van der Waals surface area contributed by atoms with Crippen LogP contribution in [0.4, 0.5) is 48.3 Å². The number of halogens is 11. The minimum Gasteiger partial charge on any atom is -0.394 e. The van der Waals surface area contributed by atoms with Crippen LogP contribution in [0.1, 0.15) is 0 Å². The fraction of sp³-hybridized carbons (Fsp3) is 1.00. The topological polar surface area (TPSA) is 29.5 Å². The number of alkyl halides is 11. The van der Waals surface area contributed by atoms with Crippen molar-refractivity contribution in [2.75, 3.05) is 19.8 Å². The van der Waals surface area contributed by atoms with Crippen LogP contribution in [0, 0.1) is 0 Å². The molecule has 0 saturated heterocycles. The SMILES string of the molecule is OCCOCC(F)(F)C(F)(F)C(F)(F)C(F)(F)C(F)(F)F. The Balaban J connectivity index is 5.55. The molecule has 0 radical (unpaired) electrons. The van der Waals surface area contributed by atoms with E-state index >= 15 is 0 Å². The van der Waals surface area contributed by atoms with E-state index in [0.29, 0.717) is 0 Å². The van der Waals surface area contributed by atoms with Gasteiger partial charge in [0.2, 0.25) is 0 Å². The molecule has 0 amide bonds. The molecule has 0 saturated carbocycles. The highest BCUT2D eigenvalue weighted by Crippen LogP contribution is 2.57. The van der Waals surface area contributed by atoms with Crippen molar-refractivity contribution in [1.29, 1.82) is 0 Å². The van der Waals surface area contributed by atoms with Gasteiger partial charge in [-0.1, -0.05) is 0 Å². The Kier molecular flexibility index (Phi) is 5.51. The lowest BCUT2D eigenvalue weighted by Crippen LogP contribution is -2.67. The van der Waals surface area contributed by atoms with E-state index in [1.807, 2.05) is 0 Å². The van der Waals surface area contributed by atoms with Crippen LogP contribution >= 0.6 is 0 Å². The van der Waals surface area contributed by atoms with E-state index in [4.69, 9.17) is 5.11 Å². The van der Waals surface area contributed by atoms with Crippen LogP contribution in [0.5, 0.6) is 0 Å². The van der Waals surface area contributed by atoms with Gasteiger partial charge in [-0.25, -0.2) is 0 Å². The summed E-state index contributed by atoms with van der Waals surface area (Å²) in [6.07, 6.45) is -7.18. The Hall–Kier alpha value is -0.850. The zero-order valence-electron chi connectivity index (χ0n) is 9.63. The molecule has 0 aromatic heterocycles. The Labute approximate surface area is 109 Å². The van der Waals surface area contributed by atoms with E-state index in [0.717, 1.165) is 0 Å². The summed E-state index contributed by atoms with van der Waals surface area (Å²) in [6.45, 7) is -4.65. The second-order valence-corrected chi connectivity index (χ2v) is 3.70. The van der Waals surface area contributed by atoms with Gasteiger partial charge in [0.25, 0.3) is 0 Å². The lowest BCUT2D eigenvalue weighted by Gasteiger charge is -2.37. The van der Waals surface area contributed by atoms with Crippen molar-refractivity contribution in [3.63, 3.8) is 0 Å². The molecule has 0 aromatic carbocycles. The molecule has 0 unspecified atom stereocenters. The zero-order valence-corrected chi connectivity index (χ0v) is 9.63. The molecule has 0 aliphatic heterocycles. The van der Waals surface area contributed by atoms with Crippen LogP contribution in [0.25, 0.3) is 0 Å². The first-order chi connectivity index (χ1) is 9.06. The number of hydrogen-bond acceptors (Lipinski definition) is 2. The summed E-state index contributed by atoms with van der Waals surface area (Å²) >= 11 is 0. The molecule has 0 bridgehead atoms. The number of hydrogen-bond donors (Lipinski definition) is 1. The average molecular weight is 344 g/mol. The minimum atomic E-state index is -7.43. The summed E-state index contributed by atoms with van der Waals surface area (Å²) < 4.78 is 140. The van der Waals surface area contributed by atoms with Crippen molar-refractivity contribution in [2.45, 2.75) is 29.9 Å². The quantitative estimate of drug-likeness (QED) is 0.568. The van der Waals surface area contributed by atoms with Crippen LogP contribution in [0.3, 0.4) is 0 Å². The summed E-state index contributed by atoms with van der Waals surface area (Å²) in [5.41, 5.74) is 0. The van der Waals surface area contributed by atoms with Crippen LogP contribution in [-0.4, -0.2) is 54.8 Å². The molecular weight excluding hydrogens is 337 g/mol. The van der Waals surface area contributed by atoms with E-state index in [9.17, 15) is 48.3 Å². The lowest BCUT2D eigenvalue weighted by atomic mass is 9.98. The lowest BCUT2D eigenvalue weighted by molar-refractivity contribution is -0.424. The molecule has 0 aliphatic carbocycles. The van der Waals surface area contributed by atoms with E-state index in [1.54, 1.807) is 0 Å². The third-order valence-corrected chi connectivity index (χ3v) is 2.12. The molecule has 128 valence electrons. The van der Waals surface area contributed by atoms with Gasteiger partial charge in [0.05, 0.1) is 13.2 Å². The van der Waals surface area contributed by atoms with Gasteiger partial charge in [-0.2, -0.15) is 48.3 Å². The van der Waals surface area contributed by atoms with Crippen molar-refractivity contribution in [2.24, 2.45) is 0 Å². The fourth-order valence-corrected chi connectivity index (χ4v) is 0.960. The van der Waals surface area contributed by atoms with Crippen molar-refractivity contribution < 1.29 is 58.1 Å². The summed E-state index contributed by atoms with van der Waals surface area (Å²) in [6, 6.07) is 0. The van der Waals surface area contributed by atoms with E-state index in [-0.39, 0.29) is 0 Å². The second-order valence-electron chi connectivity index (χ2n) is 3.70. The van der Waals surface area contributed by atoms with Gasteiger partial charge in [-0.15, -0.1) is 0 Å². The Bertz CT molecular complexity index is 349. The predicted octanol–water partition coefficient (Wildman–Crippen LogP) is 3.10. The first-order valence-electron chi connectivity index (χ1n) is 4.83. The molecule has 0 aromatic rings. The van der Waals surface area contributed by atoms with Gasteiger partial charge in [0.15, 0.2) is 0 Å². The molecule has 0 heterocycles. The van der Waals surface area contributed by atoms with Crippen molar-refractivity contribution in [1.82, 2.24) is 0 Å². The van der Waals surface area contributed by atoms with Gasteiger partial charge >= 0.3 is 29.9 Å². The number of aliphatic hydroxyl groups is 1.